The van der Waals surface area contributed by atoms with Crippen molar-refractivity contribution in [2.75, 3.05) is 7.05 Å². The number of benzene rings is 2. The van der Waals surface area contributed by atoms with E-state index >= 15 is 0 Å². The number of carbonyl (C=O) groups is 1. The molecule has 3 rings (SSSR count). The summed E-state index contributed by atoms with van der Waals surface area (Å²) in [6.07, 6.45) is 1.78. The fourth-order valence-electron chi connectivity index (χ4n) is 2.68. The van der Waals surface area contributed by atoms with Crippen LogP contribution in [0.1, 0.15) is 5.56 Å². The van der Waals surface area contributed by atoms with E-state index in [1.165, 1.54) is 12.1 Å². The number of nitro benzene ring substituents is 1. The quantitative estimate of drug-likeness (QED) is 0.479. The molecule has 0 atom stereocenters. The number of hydrogen-bond acceptors (Lipinski definition) is 3. The topological polar surface area (TPSA) is 68.4 Å². The number of nitro groups is 1. The van der Waals surface area contributed by atoms with Crippen molar-refractivity contribution in [3.05, 3.63) is 74.9 Å². The SMILES string of the molecule is CN(Cc1ccccc1Br)C(=O)Cn1ccc2cc([N+](=O)[O-])ccc21. The van der Waals surface area contributed by atoms with E-state index in [2.05, 4.69) is 15.9 Å². The number of carbonyl (C=O) groups excluding carboxylic acids is 1. The van der Waals surface area contributed by atoms with Crippen molar-refractivity contribution in [3.63, 3.8) is 0 Å². The van der Waals surface area contributed by atoms with Gasteiger partial charge in [-0.05, 0) is 23.8 Å². The molecular formula is C18H16BrN3O3. The van der Waals surface area contributed by atoms with Crippen LogP contribution in [-0.2, 0) is 17.9 Å². The Hall–Kier alpha value is -2.67. The highest BCUT2D eigenvalue weighted by atomic mass is 79.9. The first-order chi connectivity index (χ1) is 12.0. The minimum absolute atomic E-state index is 0.0356. The maximum absolute atomic E-state index is 12.5. The van der Waals surface area contributed by atoms with Crippen LogP contribution in [0.5, 0.6) is 0 Å². The van der Waals surface area contributed by atoms with Gasteiger partial charge in [0.1, 0.15) is 6.54 Å². The molecule has 25 heavy (non-hydrogen) atoms. The van der Waals surface area contributed by atoms with Crippen molar-refractivity contribution in [3.8, 4) is 0 Å². The fourth-order valence-corrected chi connectivity index (χ4v) is 3.09. The van der Waals surface area contributed by atoms with Crippen molar-refractivity contribution in [2.45, 2.75) is 13.1 Å². The Morgan fingerprint density at radius 2 is 2.00 bits per heavy atom. The van der Waals surface area contributed by atoms with Crippen molar-refractivity contribution in [1.82, 2.24) is 9.47 Å². The summed E-state index contributed by atoms with van der Waals surface area (Å²) >= 11 is 3.49. The smallest absolute Gasteiger partial charge is 0.270 e. The van der Waals surface area contributed by atoms with E-state index in [1.807, 2.05) is 24.3 Å². The Balaban J connectivity index is 1.75. The van der Waals surface area contributed by atoms with Gasteiger partial charge in [0.15, 0.2) is 0 Å². The van der Waals surface area contributed by atoms with Crippen LogP contribution in [0, 0.1) is 10.1 Å². The second-order valence-corrected chi connectivity index (χ2v) is 6.64. The Labute approximate surface area is 152 Å². The predicted molar refractivity (Wildman–Crippen MR) is 99.2 cm³/mol. The molecule has 0 aliphatic rings. The van der Waals surface area contributed by atoms with Gasteiger partial charge in [-0.1, -0.05) is 34.1 Å². The number of amides is 1. The zero-order valence-electron chi connectivity index (χ0n) is 13.6. The molecule has 0 aliphatic heterocycles. The molecule has 0 radical (unpaired) electrons. The van der Waals surface area contributed by atoms with Crippen LogP contribution in [0.2, 0.25) is 0 Å². The third-order valence-corrected chi connectivity index (χ3v) is 4.84. The second-order valence-electron chi connectivity index (χ2n) is 5.79. The highest BCUT2D eigenvalue weighted by Crippen LogP contribution is 2.22. The summed E-state index contributed by atoms with van der Waals surface area (Å²) in [6, 6.07) is 14.2. The lowest BCUT2D eigenvalue weighted by Crippen LogP contribution is -2.29. The van der Waals surface area contributed by atoms with E-state index in [9.17, 15) is 14.9 Å². The molecule has 2 aromatic carbocycles. The van der Waals surface area contributed by atoms with E-state index in [-0.39, 0.29) is 18.1 Å². The molecule has 128 valence electrons. The highest BCUT2D eigenvalue weighted by molar-refractivity contribution is 9.10. The van der Waals surface area contributed by atoms with Crippen LogP contribution in [-0.4, -0.2) is 27.3 Å². The molecule has 1 aromatic heterocycles. The average molecular weight is 402 g/mol. The minimum Gasteiger partial charge on any atom is -0.340 e. The van der Waals surface area contributed by atoms with Gasteiger partial charge in [0.05, 0.1) is 4.92 Å². The van der Waals surface area contributed by atoms with Crippen LogP contribution in [0.4, 0.5) is 5.69 Å². The van der Waals surface area contributed by atoms with Crippen LogP contribution >= 0.6 is 15.9 Å². The lowest BCUT2D eigenvalue weighted by atomic mass is 10.2. The zero-order chi connectivity index (χ0) is 18.0. The van der Waals surface area contributed by atoms with Gasteiger partial charge in [0.2, 0.25) is 5.91 Å². The van der Waals surface area contributed by atoms with Gasteiger partial charge in [-0.3, -0.25) is 14.9 Å². The Morgan fingerprint density at radius 1 is 1.24 bits per heavy atom. The largest absolute Gasteiger partial charge is 0.340 e. The van der Waals surface area contributed by atoms with Gasteiger partial charge in [-0.15, -0.1) is 0 Å². The third kappa shape index (κ3) is 3.71. The molecule has 0 fully saturated rings. The van der Waals surface area contributed by atoms with Crippen LogP contribution in [0.15, 0.2) is 59.2 Å². The van der Waals surface area contributed by atoms with Crippen molar-refractivity contribution in [1.29, 1.82) is 0 Å². The Kier molecular flexibility index (Phi) is 4.85. The third-order valence-electron chi connectivity index (χ3n) is 4.06. The number of halogens is 1. The van der Waals surface area contributed by atoms with Crippen LogP contribution < -0.4 is 0 Å². The molecule has 0 saturated carbocycles. The number of likely N-dealkylation sites (N-methyl/N-ethyl adjacent to an activating group) is 1. The van der Waals surface area contributed by atoms with E-state index in [0.717, 1.165) is 20.9 Å². The predicted octanol–water partition coefficient (Wildman–Crippen LogP) is 3.97. The van der Waals surface area contributed by atoms with Gasteiger partial charge in [-0.2, -0.15) is 0 Å². The minimum atomic E-state index is -0.423. The Bertz CT molecular complexity index is 952. The summed E-state index contributed by atoms with van der Waals surface area (Å²) in [4.78, 5) is 24.6. The van der Waals surface area contributed by atoms with E-state index in [0.29, 0.717) is 6.54 Å². The number of hydrogen-bond donors (Lipinski definition) is 0. The molecule has 0 unspecified atom stereocenters. The molecule has 0 N–H and O–H groups in total. The summed E-state index contributed by atoms with van der Waals surface area (Å²) < 4.78 is 2.77. The summed E-state index contributed by atoms with van der Waals surface area (Å²) in [5.41, 5.74) is 1.88. The molecule has 0 aliphatic carbocycles. The van der Waals surface area contributed by atoms with Crippen LogP contribution in [0.25, 0.3) is 10.9 Å². The van der Waals surface area contributed by atoms with E-state index in [4.69, 9.17) is 0 Å². The van der Waals surface area contributed by atoms with E-state index < -0.39 is 4.92 Å². The standard InChI is InChI=1S/C18H16BrN3O3/c1-20(11-14-4-2-3-5-16(14)19)18(23)12-21-9-8-13-10-15(22(24)25)6-7-17(13)21/h2-10H,11-12H2,1H3. The molecule has 1 amide bonds. The van der Waals surface area contributed by atoms with Crippen molar-refractivity contribution < 1.29 is 9.72 Å². The summed E-state index contributed by atoms with van der Waals surface area (Å²) in [7, 11) is 1.76. The van der Waals surface area contributed by atoms with Crippen molar-refractivity contribution in [2.24, 2.45) is 0 Å². The van der Waals surface area contributed by atoms with Gasteiger partial charge in [0, 0.05) is 47.3 Å². The number of fused-ring (bicyclic) bond motifs is 1. The number of non-ortho nitro benzene ring substituents is 1. The molecule has 3 aromatic rings. The molecule has 6 nitrogen and oxygen atoms in total. The highest BCUT2D eigenvalue weighted by Gasteiger charge is 2.14. The summed E-state index contributed by atoms with van der Waals surface area (Å²) in [6.45, 7) is 0.688. The second kappa shape index (κ2) is 7.06. The summed E-state index contributed by atoms with van der Waals surface area (Å²) in [5.74, 6) is -0.0356. The van der Waals surface area contributed by atoms with Gasteiger partial charge >= 0.3 is 0 Å². The molecule has 0 bridgehead atoms. The molecule has 1 heterocycles. The molecular weight excluding hydrogens is 386 g/mol. The van der Waals surface area contributed by atoms with Gasteiger partial charge in [-0.25, -0.2) is 0 Å². The maximum Gasteiger partial charge on any atom is 0.270 e. The monoisotopic (exact) mass is 401 g/mol. The normalized spacial score (nSPS) is 10.8. The van der Waals surface area contributed by atoms with Crippen molar-refractivity contribution >= 4 is 38.4 Å². The van der Waals surface area contributed by atoms with Crippen LogP contribution in [0.3, 0.4) is 0 Å². The first kappa shape index (κ1) is 17.2. The molecule has 7 heteroatoms. The fraction of sp³-hybridized carbons (Fsp3) is 0.167. The first-order valence-electron chi connectivity index (χ1n) is 7.66. The van der Waals surface area contributed by atoms with E-state index in [1.54, 1.807) is 34.8 Å². The first-order valence-corrected chi connectivity index (χ1v) is 8.45. The Morgan fingerprint density at radius 3 is 2.72 bits per heavy atom. The van der Waals surface area contributed by atoms with Gasteiger partial charge in [0.25, 0.3) is 5.69 Å². The lowest BCUT2D eigenvalue weighted by molar-refractivity contribution is -0.384. The molecule has 0 saturated heterocycles. The number of nitrogens with zero attached hydrogens (tertiary/aromatic N) is 3. The zero-order valence-corrected chi connectivity index (χ0v) is 15.1. The maximum atomic E-state index is 12.5. The number of rotatable bonds is 5. The number of aromatic nitrogens is 1. The van der Waals surface area contributed by atoms with Gasteiger partial charge < -0.3 is 9.47 Å². The average Bonchev–Trinajstić information content (AvgIpc) is 2.99. The molecule has 0 spiro atoms. The summed E-state index contributed by atoms with van der Waals surface area (Å²) in [5, 5.41) is 11.6. The lowest BCUT2D eigenvalue weighted by Gasteiger charge is -2.19.